The Hall–Kier alpha value is -0.510. The fraction of sp³-hybridized carbons (Fsp3) is 0.938. The van der Waals surface area contributed by atoms with Gasteiger partial charge < -0.3 is 4.85 Å². The van der Waals surface area contributed by atoms with E-state index < -0.39 is 0 Å². The van der Waals surface area contributed by atoms with E-state index in [2.05, 4.69) is 32.5 Å². The van der Waals surface area contributed by atoms with Gasteiger partial charge in [0.2, 0.25) is 6.04 Å². The van der Waals surface area contributed by atoms with E-state index in [-0.39, 0.29) is 0 Å². The Balaban J connectivity index is 2.05. The zero-order chi connectivity index (χ0) is 12.4. The smallest absolute Gasteiger partial charge is 0.234 e. The zero-order valence-corrected chi connectivity index (χ0v) is 11.7. The highest BCUT2D eigenvalue weighted by Gasteiger charge is 2.70. The summed E-state index contributed by atoms with van der Waals surface area (Å²) < 4.78 is 0. The van der Waals surface area contributed by atoms with Gasteiger partial charge in [-0.05, 0) is 49.4 Å². The summed E-state index contributed by atoms with van der Waals surface area (Å²) in [6.07, 6.45) is 5.36. The Bertz CT molecular complexity index is 379. The summed E-state index contributed by atoms with van der Waals surface area (Å²) in [4.78, 5) is 4.10. The molecule has 0 spiro atoms. The molecule has 0 amide bonds. The van der Waals surface area contributed by atoms with Crippen LogP contribution < -0.4 is 0 Å². The molecule has 4 bridgehead atoms. The number of hydrogen-bond acceptors (Lipinski definition) is 0. The molecule has 1 unspecified atom stereocenters. The Morgan fingerprint density at radius 1 is 1.24 bits per heavy atom. The van der Waals surface area contributed by atoms with E-state index >= 15 is 0 Å². The van der Waals surface area contributed by atoms with E-state index in [1.54, 1.807) is 0 Å². The predicted molar refractivity (Wildman–Crippen MR) is 70.4 cm³/mol. The first-order valence-corrected chi connectivity index (χ1v) is 7.29. The molecule has 4 aliphatic rings. The largest absolute Gasteiger partial charge is 0.312 e. The lowest BCUT2D eigenvalue weighted by atomic mass is 9.48. The third-order valence-corrected chi connectivity index (χ3v) is 6.59. The second kappa shape index (κ2) is 3.28. The van der Waals surface area contributed by atoms with Crippen LogP contribution in [0, 0.1) is 41.1 Å². The van der Waals surface area contributed by atoms with E-state index in [9.17, 15) is 0 Å². The molecule has 1 heteroatoms. The van der Waals surface area contributed by atoms with Crippen molar-refractivity contribution >= 4 is 0 Å². The minimum absolute atomic E-state index is 0.300. The normalized spacial score (nSPS) is 56.2. The Kier molecular flexibility index (Phi) is 2.23. The van der Waals surface area contributed by atoms with Gasteiger partial charge in [-0.1, -0.05) is 27.7 Å². The number of fused-ring (bicyclic) bond motifs is 1. The van der Waals surface area contributed by atoms with Crippen LogP contribution in [0.1, 0.15) is 53.4 Å². The van der Waals surface area contributed by atoms with Crippen LogP contribution in [-0.4, -0.2) is 6.04 Å². The molecule has 4 saturated carbocycles. The van der Waals surface area contributed by atoms with Crippen molar-refractivity contribution in [1.29, 1.82) is 0 Å². The fourth-order valence-corrected chi connectivity index (χ4v) is 5.95. The minimum Gasteiger partial charge on any atom is -0.312 e. The summed E-state index contributed by atoms with van der Waals surface area (Å²) in [5.41, 5.74) is 0.673. The Morgan fingerprint density at radius 3 is 2.53 bits per heavy atom. The van der Waals surface area contributed by atoms with Crippen molar-refractivity contribution in [2.75, 3.05) is 0 Å². The van der Waals surface area contributed by atoms with Gasteiger partial charge in [0, 0.05) is 10.8 Å². The van der Waals surface area contributed by atoms with E-state index in [0.29, 0.717) is 16.9 Å². The summed E-state index contributed by atoms with van der Waals surface area (Å²) in [5, 5.41) is 0. The first-order valence-electron chi connectivity index (χ1n) is 7.29. The van der Waals surface area contributed by atoms with Crippen LogP contribution in [0.4, 0.5) is 0 Å². The molecule has 4 fully saturated rings. The van der Waals surface area contributed by atoms with Crippen LogP contribution in [0.5, 0.6) is 0 Å². The molecule has 17 heavy (non-hydrogen) atoms. The molecule has 0 heterocycles. The zero-order valence-electron chi connectivity index (χ0n) is 11.7. The SMILES string of the molecule is [C-]#[N+][C@@H]1C2(C)CC[C@@H]3[C@H](C2)[C@@H](C(C)C)C[C@@]31C. The average molecular weight is 231 g/mol. The van der Waals surface area contributed by atoms with Crippen molar-refractivity contribution in [3.8, 4) is 0 Å². The molecule has 0 aromatic carbocycles. The standard InChI is InChI=1S/C16H25N/c1-10(2)11-9-16(4)13-6-7-15(3,8-12(11)13)14(16)17-5/h10-14H,6-9H2,1-4H3/t11-,12-,13-,14-,15?,16+/m1/s1. The molecule has 6 atom stereocenters. The van der Waals surface area contributed by atoms with Gasteiger partial charge in [0.1, 0.15) is 0 Å². The van der Waals surface area contributed by atoms with Gasteiger partial charge in [-0.3, -0.25) is 0 Å². The summed E-state index contributed by atoms with van der Waals surface area (Å²) in [5.74, 6) is 3.47. The van der Waals surface area contributed by atoms with Crippen LogP contribution in [0.15, 0.2) is 0 Å². The minimum atomic E-state index is 0.300. The van der Waals surface area contributed by atoms with Crippen LogP contribution in [0.3, 0.4) is 0 Å². The molecule has 0 radical (unpaired) electrons. The molecule has 0 N–H and O–H groups in total. The van der Waals surface area contributed by atoms with Gasteiger partial charge in [0.25, 0.3) is 0 Å². The third-order valence-electron chi connectivity index (χ3n) is 6.59. The summed E-state index contributed by atoms with van der Waals surface area (Å²) in [7, 11) is 0. The molecule has 94 valence electrons. The second-order valence-electron chi connectivity index (χ2n) is 7.82. The van der Waals surface area contributed by atoms with E-state index in [4.69, 9.17) is 6.57 Å². The maximum absolute atomic E-state index is 7.65. The summed E-state index contributed by atoms with van der Waals surface area (Å²) in [6.45, 7) is 17.3. The lowest BCUT2D eigenvalue weighted by molar-refractivity contribution is -0.0521. The number of rotatable bonds is 1. The highest BCUT2D eigenvalue weighted by atomic mass is 14.9. The first kappa shape index (κ1) is 11.6. The van der Waals surface area contributed by atoms with Crippen molar-refractivity contribution < 1.29 is 0 Å². The number of nitrogens with zero attached hydrogens (tertiary/aromatic N) is 1. The van der Waals surface area contributed by atoms with Crippen molar-refractivity contribution in [2.24, 2.45) is 34.5 Å². The summed E-state index contributed by atoms with van der Waals surface area (Å²) >= 11 is 0. The van der Waals surface area contributed by atoms with Crippen LogP contribution in [0.2, 0.25) is 0 Å². The van der Waals surface area contributed by atoms with Crippen LogP contribution >= 0.6 is 0 Å². The average Bonchev–Trinajstić information content (AvgIpc) is 2.48. The molecule has 4 aliphatic carbocycles. The molecule has 0 aliphatic heterocycles. The lowest BCUT2D eigenvalue weighted by Crippen LogP contribution is -2.55. The molecular formula is C16H25N. The molecule has 0 saturated heterocycles. The molecule has 1 nitrogen and oxygen atoms in total. The second-order valence-corrected chi connectivity index (χ2v) is 7.82. The monoisotopic (exact) mass is 231 g/mol. The van der Waals surface area contributed by atoms with Crippen molar-refractivity contribution in [3.05, 3.63) is 11.4 Å². The van der Waals surface area contributed by atoms with Crippen LogP contribution in [-0.2, 0) is 0 Å². The van der Waals surface area contributed by atoms with Gasteiger partial charge in [0.05, 0.1) is 0 Å². The van der Waals surface area contributed by atoms with Crippen molar-refractivity contribution in [3.63, 3.8) is 0 Å². The molecule has 0 aromatic heterocycles. The van der Waals surface area contributed by atoms with Crippen molar-refractivity contribution in [2.45, 2.75) is 59.4 Å². The summed E-state index contributed by atoms with van der Waals surface area (Å²) in [6, 6.07) is 0.300. The van der Waals surface area contributed by atoms with Crippen molar-refractivity contribution in [1.82, 2.24) is 0 Å². The Morgan fingerprint density at radius 2 is 1.94 bits per heavy atom. The van der Waals surface area contributed by atoms with Crippen LogP contribution in [0.25, 0.3) is 4.85 Å². The highest BCUT2D eigenvalue weighted by molar-refractivity contribution is 5.20. The Labute approximate surface area is 106 Å². The van der Waals surface area contributed by atoms with E-state index in [0.717, 1.165) is 23.7 Å². The van der Waals surface area contributed by atoms with Gasteiger partial charge in [-0.2, -0.15) is 0 Å². The quantitative estimate of drug-likeness (QED) is 0.589. The van der Waals surface area contributed by atoms with Gasteiger partial charge in [-0.15, -0.1) is 0 Å². The molecular weight excluding hydrogens is 206 g/mol. The maximum atomic E-state index is 7.65. The highest BCUT2D eigenvalue weighted by Crippen LogP contribution is 2.71. The predicted octanol–water partition coefficient (Wildman–Crippen LogP) is 4.39. The fourth-order valence-electron chi connectivity index (χ4n) is 5.95. The van der Waals surface area contributed by atoms with Gasteiger partial charge in [0.15, 0.2) is 0 Å². The van der Waals surface area contributed by atoms with E-state index in [1.165, 1.54) is 25.7 Å². The topological polar surface area (TPSA) is 4.36 Å². The molecule has 4 rings (SSSR count). The lowest BCUT2D eigenvalue weighted by Gasteiger charge is -2.54. The maximum Gasteiger partial charge on any atom is 0.234 e. The van der Waals surface area contributed by atoms with E-state index in [1.807, 2.05) is 0 Å². The van der Waals surface area contributed by atoms with Gasteiger partial charge in [-0.25, -0.2) is 6.57 Å². The third kappa shape index (κ3) is 1.25. The number of hydrogen-bond donors (Lipinski definition) is 0. The molecule has 0 aromatic rings. The first-order chi connectivity index (χ1) is 7.92. The van der Waals surface area contributed by atoms with Gasteiger partial charge >= 0.3 is 0 Å².